The number of carbonyl (C=O) groups is 2. The van der Waals surface area contributed by atoms with Gasteiger partial charge >= 0.3 is 0 Å². The van der Waals surface area contributed by atoms with Crippen molar-refractivity contribution in [2.24, 2.45) is 0 Å². The van der Waals surface area contributed by atoms with Gasteiger partial charge in [-0.05, 0) is 47.6 Å². The summed E-state index contributed by atoms with van der Waals surface area (Å²) in [5.74, 6) is 0.878. The van der Waals surface area contributed by atoms with E-state index >= 15 is 0 Å². The van der Waals surface area contributed by atoms with Crippen LogP contribution in [0.15, 0.2) is 72.1 Å². The zero-order chi connectivity index (χ0) is 22.0. The van der Waals surface area contributed by atoms with Crippen LogP contribution in [0.2, 0.25) is 0 Å². The lowest BCUT2D eigenvalue weighted by Crippen LogP contribution is -2.25. The number of hydrogen-bond donors (Lipinski definition) is 0. The molecule has 0 bridgehead atoms. The van der Waals surface area contributed by atoms with Crippen molar-refractivity contribution < 1.29 is 19.1 Å². The van der Waals surface area contributed by atoms with Gasteiger partial charge in [-0.3, -0.25) is 19.4 Å². The highest BCUT2D eigenvalue weighted by Crippen LogP contribution is 2.45. The number of nitrogens with zero attached hydrogens (tertiary/aromatic N) is 2. The van der Waals surface area contributed by atoms with E-state index in [0.29, 0.717) is 34.0 Å². The zero-order valence-electron chi connectivity index (χ0n) is 17.5. The third-order valence-electron chi connectivity index (χ3n) is 6.15. The highest BCUT2D eigenvalue weighted by Gasteiger charge is 2.39. The molecule has 0 radical (unpaired) electrons. The Morgan fingerprint density at radius 2 is 1.09 bits per heavy atom. The largest absolute Gasteiger partial charge is 0.496 e. The van der Waals surface area contributed by atoms with E-state index in [-0.39, 0.29) is 11.8 Å². The number of amides is 2. The summed E-state index contributed by atoms with van der Waals surface area (Å²) in [5, 5.41) is 0. The first-order chi connectivity index (χ1) is 15.6. The zero-order valence-corrected chi connectivity index (χ0v) is 17.5. The van der Waals surface area contributed by atoms with Gasteiger partial charge in [0.15, 0.2) is 0 Å². The van der Waals surface area contributed by atoms with E-state index in [4.69, 9.17) is 9.47 Å². The Labute approximate surface area is 184 Å². The number of carbonyl (C=O) groups excluding carboxylic acids is 2. The van der Waals surface area contributed by atoms with Crippen LogP contribution in [0, 0.1) is 0 Å². The van der Waals surface area contributed by atoms with Gasteiger partial charge in [-0.25, -0.2) is 0 Å². The van der Waals surface area contributed by atoms with Crippen molar-refractivity contribution in [2.75, 3.05) is 14.2 Å². The van der Waals surface area contributed by atoms with E-state index in [1.54, 1.807) is 48.6 Å². The Bertz CT molecular complexity index is 1290. The minimum absolute atomic E-state index is 0.239. The van der Waals surface area contributed by atoms with Crippen molar-refractivity contribution in [1.29, 1.82) is 0 Å². The van der Waals surface area contributed by atoms with Gasteiger partial charge in [-0.1, -0.05) is 24.3 Å². The molecule has 2 aromatic rings. The average Bonchev–Trinajstić information content (AvgIpc) is 3.34. The second kappa shape index (κ2) is 6.59. The summed E-state index contributed by atoms with van der Waals surface area (Å²) in [6, 6.07) is 11.5. The molecule has 0 saturated carbocycles. The van der Waals surface area contributed by atoms with Crippen molar-refractivity contribution in [3.63, 3.8) is 0 Å². The number of hydrogen-bond acceptors (Lipinski definition) is 4. The van der Waals surface area contributed by atoms with Gasteiger partial charge in [0.2, 0.25) is 0 Å². The van der Waals surface area contributed by atoms with E-state index in [9.17, 15) is 9.59 Å². The van der Waals surface area contributed by atoms with Crippen molar-refractivity contribution in [3.8, 4) is 11.5 Å². The monoisotopic (exact) mass is 422 g/mol. The Morgan fingerprint density at radius 1 is 0.656 bits per heavy atom. The van der Waals surface area contributed by atoms with Crippen molar-refractivity contribution >= 4 is 35.4 Å². The third-order valence-corrected chi connectivity index (χ3v) is 6.15. The number of rotatable bonds is 2. The van der Waals surface area contributed by atoms with Crippen LogP contribution in [0.3, 0.4) is 0 Å². The first-order valence-corrected chi connectivity index (χ1v) is 10.2. The smallest absolute Gasteiger partial charge is 0.263 e. The summed E-state index contributed by atoms with van der Waals surface area (Å²) < 4.78 is 11.1. The van der Waals surface area contributed by atoms with E-state index in [1.165, 1.54) is 0 Å². The van der Waals surface area contributed by atoms with Gasteiger partial charge < -0.3 is 9.47 Å². The first kappa shape index (κ1) is 18.4. The van der Waals surface area contributed by atoms with Gasteiger partial charge in [-0.15, -0.1) is 0 Å². The summed E-state index contributed by atoms with van der Waals surface area (Å²) >= 11 is 0. The Balaban J connectivity index is 1.55. The van der Waals surface area contributed by atoms with E-state index in [2.05, 4.69) is 0 Å². The molecule has 2 aromatic carbocycles. The SMILES string of the molecule is COc1cccc2c1C1=CC(=C3C=C4c5c(cccc5OC)C=CN4C3=O)C(=O)N1C=C2. The molecule has 32 heavy (non-hydrogen) atoms. The Morgan fingerprint density at radius 3 is 1.50 bits per heavy atom. The molecule has 0 aromatic heterocycles. The van der Waals surface area contributed by atoms with Gasteiger partial charge in [-0.2, -0.15) is 0 Å². The van der Waals surface area contributed by atoms with Gasteiger partial charge in [0.05, 0.1) is 36.8 Å². The molecule has 6 rings (SSSR count). The summed E-state index contributed by atoms with van der Waals surface area (Å²) in [7, 11) is 3.21. The minimum atomic E-state index is -0.239. The predicted molar refractivity (Wildman–Crippen MR) is 121 cm³/mol. The molecule has 0 fully saturated rings. The van der Waals surface area contributed by atoms with E-state index < -0.39 is 0 Å². The molecule has 6 nitrogen and oxygen atoms in total. The molecule has 156 valence electrons. The van der Waals surface area contributed by atoms with Gasteiger partial charge in [0, 0.05) is 23.5 Å². The van der Waals surface area contributed by atoms with Crippen LogP contribution < -0.4 is 9.47 Å². The fourth-order valence-corrected chi connectivity index (χ4v) is 4.65. The van der Waals surface area contributed by atoms with Crippen LogP contribution >= 0.6 is 0 Å². The Kier molecular flexibility index (Phi) is 3.80. The standard InChI is InChI=1S/C26H18N2O4/c1-31-21-7-3-5-15-9-11-27-19(23(15)21)13-17(25(27)29)18-14-20-24-16(6-4-8-22(24)32-2)10-12-28(20)26(18)30/h3-14H,1-2H3. The first-order valence-electron chi connectivity index (χ1n) is 10.2. The van der Waals surface area contributed by atoms with Crippen LogP contribution in [0.5, 0.6) is 11.5 Å². The molecule has 0 aliphatic carbocycles. The molecule has 4 aliphatic heterocycles. The van der Waals surface area contributed by atoms with Crippen molar-refractivity contribution in [2.45, 2.75) is 0 Å². The van der Waals surface area contributed by atoms with Crippen LogP contribution in [-0.4, -0.2) is 35.8 Å². The number of benzene rings is 2. The van der Waals surface area contributed by atoms with E-state index in [1.807, 2.05) is 48.6 Å². The topological polar surface area (TPSA) is 59.1 Å². The maximum absolute atomic E-state index is 13.3. The summed E-state index contributed by atoms with van der Waals surface area (Å²) in [5.41, 5.74) is 5.73. The number of ether oxygens (including phenoxy) is 2. The normalized spacial score (nSPS) is 19.9. The van der Waals surface area contributed by atoms with E-state index in [0.717, 1.165) is 22.3 Å². The molecular weight excluding hydrogens is 404 g/mol. The molecule has 0 N–H and O–H groups in total. The molecule has 2 amide bonds. The molecule has 0 atom stereocenters. The maximum Gasteiger partial charge on any atom is 0.263 e. The Hall–Kier alpha value is -4.32. The summed E-state index contributed by atoms with van der Waals surface area (Å²) in [6.07, 6.45) is 10.8. The fourth-order valence-electron chi connectivity index (χ4n) is 4.65. The van der Waals surface area contributed by atoms with Crippen LogP contribution in [0.25, 0.3) is 23.5 Å². The highest BCUT2D eigenvalue weighted by molar-refractivity contribution is 6.20. The second-order valence-corrected chi connectivity index (χ2v) is 7.72. The maximum atomic E-state index is 13.3. The van der Waals surface area contributed by atoms with Crippen molar-refractivity contribution in [1.82, 2.24) is 9.80 Å². The highest BCUT2D eigenvalue weighted by atomic mass is 16.5. The van der Waals surface area contributed by atoms with Crippen LogP contribution in [0.4, 0.5) is 0 Å². The molecular formula is C26H18N2O4. The molecule has 4 heterocycles. The summed E-state index contributed by atoms with van der Waals surface area (Å²) in [6.45, 7) is 0. The van der Waals surface area contributed by atoms with Crippen LogP contribution in [0.1, 0.15) is 22.3 Å². The van der Waals surface area contributed by atoms with Gasteiger partial charge in [0.25, 0.3) is 11.8 Å². The minimum Gasteiger partial charge on any atom is -0.496 e. The number of methoxy groups -OCH3 is 2. The van der Waals surface area contributed by atoms with Crippen molar-refractivity contribution in [3.05, 3.63) is 94.4 Å². The predicted octanol–water partition coefficient (Wildman–Crippen LogP) is 4.04. The quantitative estimate of drug-likeness (QED) is 0.686. The average molecular weight is 422 g/mol. The fraction of sp³-hybridized carbons (Fsp3) is 0.0769. The lowest BCUT2D eigenvalue weighted by atomic mass is 9.99. The lowest BCUT2D eigenvalue weighted by Gasteiger charge is -2.24. The van der Waals surface area contributed by atoms with Gasteiger partial charge in [0.1, 0.15) is 11.5 Å². The third kappa shape index (κ3) is 2.34. The lowest BCUT2D eigenvalue weighted by molar-refractivity contribution is -0.123. The van der Waals surface area contributed by atoms with Crippen LogP contribution in [-0.2, 0) is 9.59 Å². The second-order valence-electron chi connectivity index (χ2n) is 7.72. The molecule has 0 saturated heterocycles. The summed E-state index contributed by atoms with van der Waals surface area (Å²) in [4.78, 5) is 29.8. The molecule has 4 aliphatic rings. The molecule has 0 spiro atoms. The molecule has 0 unspecified atom stereocenters. The number of fused-ring (bicyclic) bond motifs is 6. The molecule has 6 heteroatoms.